The maximum absolute atomic E-state index is 11.4. The number of hydrogen-bond acceptors (Lipinski definition) is 5. The molecule has 0 saturated heterocycles. The molecule has 3 N–H and O–H groups in total. The fourth-order valence-corrected chi connectivity index (χ4v) is 5.19. The second-order valence-corrected chi connectivity index (χ2v) is 16.0. The van der Waals surface area contributed by atoms with Crippen molar-refractivity contribution in [1.29, 1.82) is 0 Å². The molecule has 12 heteroatoms. The molecule has 0 heterocycles. The van der Waals surface area contributed by atoms with Crippen LogP contribution in [0.15, 0.2) is 34.3 Å². The number of aryl methyl sites for hydroxylation is 1. The zero-order chi connectivity index (χ0) is 37.3. The standard InChI is InChI=1S/C33H48N2O2.C4H4F6O.Co/c1-21-15-22(29(36)25(16-21)32(5,6)7)19-34-27-13-11-12-14-28(27)35-20-23-17-24(31(2,3)4)18-26(30(23)37)33(8,9)10;1-2(11,3(5,6)7)4(8,9)10;/h15-20,27-28,36-37H,11-14H2,1-10H3;11H,1H3;/t27-,28-;;/m1../s1. The average Bonchev–Trinajstić information content (AvgIpc) is 2.90. The van der Waals surface area contributed by atoms with Gasteiger partial charge in [-0.15, -0.1) is 0 Å². The molecule has 0 spiro atoms. The number of nitrogens with zero attached hydrogens (tertiary/aromatic N) is 2. The Balaban J connectivity index is 0.000000861. The maximum atomic E-state index is 11.4. The third-order valence-corrected chi connectivity index (χ3v) is 8.51. The summed E-state index contributed by atoms with van der Waals surface area (Å²) >= 11 is 0. The zero-order valence-corrected chi connectivity index (χ0v) is 31.3. The molecule has 1 aliphatic rings. The summed E-state index contributed by atoms with van der Waals surface area (Å²) in [6.45, 7) is 21.1. The molecular formula is C37H52CoF6N2O3. The summed E-state index contributed by atoms with van der Waals surface area (Å²) in [7, 11) is 0. The Kier molecular flexibility index (Phi) is 14.3. The first-order chi connectivity index (χ1) is 21.5. The number of aromatic hydroxyl groups is 2. The summed E-state index contributed by atoms with van der Waals surface area (Å²) in [6.07, 6.45) is -3.49. The minimum absolute atomic E-state index is 0. The monoisotopic (exact) mass is 745 g/mol. The summed E-state index contributed by atoms with van der Waals surface area (Å²) in [5, 5.41) is 30.1. The average molecular weight is 746 g/mol. The summed E-state index contributed by atoms with van der Waals surface area (Å²) < 4.78 is 68.2. The molecule has 3 rings (SSSR count). The van der Waals surface area contributed by atoms with Crippen molar-refractivity contribution in [3.05, 3.63) is 57.6 Å². The minimum Gasteiger partial charge on any atom is -0.507 e. The van der Waals surface area contributed by atoms with Gasteiger partial charge in [-0.25, -0.2) is 0 Å². The number of phenolic OH excluding ortho intramolecular Hbond substituents is 2. The molecule has 0 aliphatic heterocycles. The van der Waals surface area contributed by atoms with Crippen LogP contribution in [-0.4, -0.2) is 57.8 Å². The Bertz CT molecular complexity index is 1460. The number of benzene rings is 2. The number of aliphatic hydroxyl groups is 1. The smallest absolute Gasteiger partial charge is 0.425 e. The van der Waals surface area contributed by atoms with Crippen molar-refractivity contribution >= 4 is 12.4 Å². The van der Waals surface area contributed by atoms with Crippen molar-refractivity contribution in [2.24, 2.45) is 9.98 Å². The van der Waals surface area contributed by atoms with Crippen molar-refractivity contribution in [3.63, 3.8) is 0 Å². The van der Waals surface area contributed by atoms with Gasteiger partial charge in [-0.2, -0.15) is 26.3 Å². The van der Waals surface area contributed by atoms with Crippen LogP contribution in [0.25, 0.3) is 0 Å². The van der Waals surface area contributed by atoms with E-state index in [4.69, 9.17) is 15.1 Å². The Hall–Kier alpha value is -2.57. The van der Waals surface area contributed by atoms with E-state index in [9.17, 15) is 36.6 Å². The van der Waals surface area contributed by atoms with Crippen LogP contribution in [0.1, 0.15) is 128 Å². The van der Waals surface area contributed by atoms with Crippen molar-refractivity contribution < 1.29 is 58.4 Å². The first-order valence-electron chi connectivity index (χ1n) is 16.1. The van der Waals surface area contributed by atoms with Gasteiger partial charge in [-0.05, 0) is 66.2 Å². The predicted octanol–water partition coefficient (Wildman–Crippen LogP) is 10.0. The van der Waals surface area contributed by atoms with E-state index in [2.05, 4.69) is 87.4 Å². The van der Waals surface area contributed by atoms with Gasteiger partial charge in [0.05, 0.1) is 12.1 Å². The molecule has 5 nitrogen and oxygen atoms in total. The first-order valence-corrected chi connectivity index (χ1v) is 16.1. The van der Waals surface area contributed by atoms with Gasteiger partial charge < -0.3 is 15.3 Å². The third kappa shape index (κ3) is 11.5. The fourth-order valence-electron chi connectivity index (χ4n) is 5.19. The maximum Gasteiger partial charge on any atom is 0.425 e. The molecule has 1 radical (unpaired) electrons. The second kappa shape index (κ2) is 15.8. The Morgan fingerprint density at radius 2 is 0.980 bits per heavy atom. The molecule has 2 aromatic rings. The van der Waals surface area contributed by atoms with Gasteiger partial charge in [0.1, 0.15) is 11.5 Å². The molecule has 49 heavy (non-hydrogen) atoms. The summed E-state index contributed by atoms with van der Waals surface area (Å²) in [5.74, 6) is 0.635. The molecule has 1 saturated carbocycles. The molecule has 2 aromatic carbocycles. The fraction of sp³-hybridized carbons (Fsp3) is 0.622. The Morgan fingerprint density at radius 3 is 1.31 bits per heavy atom. The van der Waals surface area contributed by atoms with Crippen LogP contribution in [0.2, 0.25) is 0 Å². The van der Waals surface area contributed by atoms with E-state index in [0.717, 1.165) is 53.5 Å². The topological polar surface area (TPSA) is 85.4 Å². The summed E-state index contributed by atoms with van der Waals surface area (Å²) in [4.78, 5) is 9.94. The predicted molar refractivity (Wildman–Crippen MR) is 181 cm³/mol. The molecule has 1 fully saturated rings. The Labute approximate surface area is 297 Å². The quantitative estimate of drug-likeness (QED) is 0.215. The SMILES string of the molecule is CC(O)(C(F)(F)F)C(F)(F)F.Cc1cc(C=N[C@@H]2CCCC[C@H]2N=Cc2cc(C(C)(C)C)cc(C(C)(C)C)c2O)c(O)c(C(C)(C)C)c1.[Co]. The van der Waals surface area contributed by atoms with Crippen LogP contribution in [0, 0.1) is 6.92 Å². The van der Waals surface area contributed by atoms with Gasteiger partial charge in [-0.1, -0.05) is 87.3 Å². The Morgan fingerprint density at radius 1 is 0.612 bits per heavy atom. The first kappa shape index (κ1) is 44.4. The largest absolute Gasteiger partial charge is 0.507 e. The van der Waals surface area contributed by atoms with Gasteiger partial charge in [0.25, 0.3) is 5.60 Å². The second-order valence-electron chi connectivity index (χ2n) is 16.0. The number of hydrogen-bond donors (Lipinski definition) is 3. The minimum atomic E-state index is -5.69. The van der Waals surface area contributed by atoms with Gasteiger partial charge in [0.15, 0.2) is 0 Å². The molecule has 0 amide bonds. The summed E-state index contributed by atoms with van der Waals surface area (Å²) in [5.41, 5.74) is 0.765. The van der Waals surface area contributed by atoms with Crippen LogP contribution in [0.3, 0.4) is 0 Å². The number of rotatable bonds is 4. The van der Waals surface area contributed by atoms with Crippen LogP contribution in [0.4, 0.5) is 26.3 Å². The molecule has 1 aliphatic carbocycles. The van der Waals surface area contributed by atoms with Crippen molar-refractivity contribution in [2.75, 3.05) is 0 Å². The number of aliphatic imine (C=N–C) groups is 2. The van der Waals surface area contributed by atoms with Gasteiger partial charge in [0, 0.05) is 51.5 Å². The van der Waals surface area contributed by atoms with Crippen LogP contribution >= 0.6 is 0 Å². The van der Waals surface area contributed by atoms with Crippen LogP contribution < -0.4 is 0 Å². The number of alkyl halides is 6. The molecule has 0 bridgehead atoms. The summed E-state index contributed by atoms with van der Waals surface area (Å²) in [6, 6.07) is 8.38. The van der Waals surface area contributed by atoms with Crippen molar-refractivity contribution in [3.8, 4) is 11.5 Å². The van der Waals surface area contributed by atoms with E-state index in [1.54, 1.807) is 0 Å². The van der Waals surface area contributed by atoms with E-state index in [1.165, 1.54) is 5.56 Å². The molecule has 279 valence electrons. The number of halogens is 6. The van der Waals surface area contributed by atoms with Crippen molar-refractivity contribution in [1.82, 2.24) is 0 Å². The zero-order valence-electron chi connectivity index (χ0n) is 30.3. The third-order valence-electron chi connectivity index (χ3n) is 8.51. The molecule has 0 aromatic heterocycles. The van der Waals surface area contributed by atoms with Crippen LogP contribution in [0.5, 0.6) is 11.5 Å². The van der Waals surface area contributed by atoms with E-state index in [1.807, 2.05) is 18.5 Å². The van der Waals surface area contributed by atoms with Gasteiger partial charge in [0.2, 0.25) is 0 Å². The number of phenols is 2. The van der Waals surface area contributed by atoms with Gasteiger partial charge in [-0.3, -0.25) is 9.98 Å². The molecular weight excluding hydrogens is 693 g/mol. The van der Waals surface area contributed by atoms with Gasteiger partial charge >= 0.3 is 12.4 Å². The van der Waals surface area contributed by atoms with E-state index in [-0.39, 0.29) is 52.0 Å². The van der Waals surface area contributed by atoms with E-state index >= 15 is 0 Å². The van der Waals surface area contributed by atoms with Crippen molar-refractivity contribution in [2.45, 2.75) is 148 Å². The molecule has 2 atom stereocenters. The normalized spacial score (nSPS) is 18.3. The molecule has 0 unspecified atom stereocenters. The van der Waals surface area contributed by atoms with E-state index < -0.39 is 18.0 Å². The van der Waals surface area contributed by atoms with E-state index in [0.29, 0.717) is 11.5 Å². The van der Waals surface area contributed by atoms with Crippen LogP contribution in [-0.2, 0) is 33.0 Å².